The van der Waals surface area contributed by atoms with Gasteiger partial charge in [-0.2, -0.15) is 0 Å². The predicted molar refractivity (Wildman–Crippen MR) is 75.6 cm³/mol. The fraction of sp³-hybridized carbons (Fsp3) is 0.571. The first kappa shape index (κ1) is 13.8. The van der Waals surface area contributed by atoms with Gasteiger partial charge in [-0.25, -0.2) is 4.98 Å². The lowest BCUT2D eigenvalue weighted by Crippen LogP contribution is -2.27. The molecule has 0 bridgehead atoms. The number of carbonyl (C=O) groups is 1. The second-order valence-corrected chi connectivity index (χ2v) is 5.06. The summed E-state index contributed by atoms with van der Waals surface area (Å²) in [6.07, 6.45) is 3.74. The van der Waals surface area contributed by atoms with Gasteiger partial charge in [0.2, 0.25) is 5.91 Å². The van der Waals surface area contributed by atoms with Crippen molar-refractivity contribution in [3.05, 3.63) is 23.9 Å². The summed E-state index contributed by atoms with van der Waals surface area (Å²) in [5.74, 6) is 0.772. The van der Waals surface area contributed by atoms with Gasteiger partial charge >= 0.3 is 0 Å². The Hall–Kier alpha value is -1.62. The molecule has 1 fully saturated rings. The SMILES string of the molecule is CCCNc1ncccc1CN1CCC(C(N)=O)C1. The van der Waals surface area contributed by atoms with Crippen molar-refractivity contribution >= 4 is 11.7 Å². The van der Waals surface area contributed by atoms with E-state index in [4.69, 9.17) is 5.73 Å². The van der Waals surface area contributed by atoms with Crippen molar-refractivity contribution in [3.8, 4) is 0 Å². The molecule has 1 aliphatic heterocycles. The number of amides is 1. The van der Waals surface area contributed by atoms with Gasteiger partial charge in [-0.1, -0.05) is 13.0 Å². The monoisotopic (exact) mass is 262 g/mol. The minimum atomic E-state index is -0.182. The van der Waals surface area contributed by atoms with Crippen LogP contribution in [0.25, 0.3) is 0 Å². The van der Waals surface area contributed by atoms with Crippen LogP contribution in [0.3, 0.4) is 0 Å². The predicted octanol–water partition coefficient (Wildman–Crippen LogP) is 1.21. The number of hydrogen-bond donors (Lipinski definition) is 2. The summed E-state index contributed by atoms with van der Waals surface area (Å²) >= 11 is 0. The fourth-order valence-electron chi connectivity index (χ4n) is 2.42. The summed E-state index contributed by atoms with van der Waals surface area (Å²) in [6, 6.07) is 4.04. The Labute approximate surface area is 114 Å². The van der Waals surface area contributed by atoms with E-state index in [1.165, 1.54) is 5.56 Å². The first-order chi connectivity index (χ1) is 9.20. The molecule has 5 heteroatoms. The van der Waals surface area contributed by atoms with Gasteiger partial charge in [0.1, 0.15) is 5.82 Å². The number of carbonyl (C=O) groups excluding carboxylic acids is 1. The maximum absolute atomic E-state index is 11.2. The molecule has 104 valence electrons. The highest BCUT2D eigenvalue weighted by Crippen LogP contribution is 2.21. The molecular weight excluding hydrogens is 240 g/mol. The molecule has 0 spiro atoms. The Morgan fingerprint density at radius 2 is 2.47 bits per heavy atom. The molecule has 1 aromatic rings. The molecule has 1 atom stereocenters. The third-order valence-corrected chi connectivity index (χ3v) is 3.50. The highest BCUT2D eigenvalue weighted by molar-refractivity contribution is 5.77. The molecule has 0 radical (unpaired) electrons. The van der Waals surface area contributed by atoms with Crippen molar-refractivity contribution in [2.75, 3.05) is 25.0 Å². The van der Waals surface area contributed by atoms with Crippen LogP contribution in [-0.4, -0.2) is 35.4 Å². The summed E-state index contributed by atoms with van der Waals surface area (Å²) in [5, 5.41) is 3.34. The third kappa shape index (κ3) is 3.67. The van der Waals surface area contributed by atoms with Gasteiger partial charge in [0, 0.05) is 31.4 Å². The Morgan fingerprint density at radius 3 is 3.16 bits per heavy atom. The number of rotatable bonds is 6. The van der Waals surface area contributed by atoms with Crippen LogP contribution in [0.15, 0.2) is 18.3 Å². The molecule has 3 N–H and O–H groups in total. The van der Waals surface area contributed by atoms with E-state index in [2.05, 4.69) is 28.2 Å². The fourth-order valence-corrected chi connectivity index (χ4v) is 2.42. The number of anilines is 1. The highest BCUT2D eigenvalue weighted by Gasteiger charge is 2.26. The van der Waals surface area contributed by atoms with Crippen molar-refractivity contribution in [1.82, 2.24) is 9.88 Å². The number of nitrogens with zero attached hydrogens (tertiary/aromatic N) is 2. The molecule has 19 heavy (non-hydrogen) atoms. The van der Waals surface area contributed by atoms with Crippen LogP contribution in [0.4, 0.5) is 5.82 Å². The summed E-state index contributed by atoms with van der Waals surface area (Å²) in [4.78, 5) is 17.8. The van der Waals surface area contributed by atoms with Gasteiger partial charge < -0.3 is 11.1 Å². The lowest BCUT2D eigenvalue weighted by molar-refractivity contribution is -0.121. The van der Waals surface area contributed by atoms with Crippen LogP contribution in [0.5, 0.6) is 0 Å². The number of primary amides is 1. The van der Waals surface area contributed by atoms with E-state index >= 15 is 0 Å². The van der Waals surface area contributed by atoms with E-state index in [1.807, 2.05) is 6.07 Å². The van der Waals surface area contributed by atoms with Crippen LogP contribution in [0.1, 0.15) is 25.3 Å². The molecule has 1 saturated heterocycles. The van der Waals surface area contributed by atoms with Crippen LogP contribution >= 0.6 is 0 Å². The molecule has 2 rings (SSSR count). The van der Waals surface area contributed by atoms with E-state index in [0.717, 1.165) is 44.8 Å². The molecule has 1 aromatic heterocycles. The van der Waals surface area contributed by atoms with Gasteiger partial charge in [-0.15, -0.1) is 0 Å². The number of nitrogens with one attached hydrogen (secondary N) is 1. The highest BCUT2D eigenvalue weighted by atomic mass is 16.1. The second-order valence-electron chi connectivity index (χ2n) is 5.06. The van der Waals surface area contributed by atoms with Gasteiger partial charge in [-0.05, 0) is 25.5 Å². The molecule has 1 unspecified atom stereocenters. The first-order valence-electron chi connectivity index (χ1n) is 6.90. The van der Waals surface area contributed by atoms with Crippen molar-refractivity contribution < 1.29 is 4.79 Å². The van der Waals surface area contributed by atoms with E-state index in [0.29, 0.717) is 0 Å². The van der Waals surface area contributed by atoms with E-state index in [-0.39, 0.29) is 11.8 Å². The maximum atomic E-state index is 11.2. The molecular formula is C14H22N4O. The largest absolute Gasteiger partial charge is 0.370 e. The minimum Gasteiger partial charge on any atom is -0.370 e. The molecule has 2 heterocycles. The number of aromatic nitrogens is 1. The molecule has 1 amide bonds. The smallest absolute Gasteiger partial charge is 0.221 e. The lowest BCUT2D eigenvalue weighted by Gasteiger charge is -2.17. The van der Waals surface area contributed by atoms with Gasteiger partial charge in [0.15, 0.2) is 0 Å². The summed E-state index contributed by atoms with van der Waals surface area (Å²) in [5.41, 5.74) is 6.54. The topological polar surface area (TPSA) is 71.2 Å². The van der Waals surface area contributed by atoms with Crippen LogP contribution in [-0.2, 0) is 11.3 Å². The van der Waals surface area contributed by atoms with Crippen molar-refractivity contribution in [3.63, 3.8) is 0 Å². The quantitative estimate of drug-likeness (QED) is 0.808. The van der Waals surface area contributed by atoms with Gasteiger partial charge in [-0.3, -0.25) is 9.69 Å². The second kappa shape index (κ2) is 6.52. The third-order valence-electron chi connectivity index (χ3n) is 3.50. The lowest BCUT2D eigenvalue weighted by atomic mass is 10.1. The maximum Gasteiger partial charge on any atom is 0.221 e. The Morgan fingerprint density at radius 1 is 1.63 bits per heavy atom. The zero-order valence-electron chi connectivity index (χ0n) is 11.4. The molecule has 0 saturated carbocycles. The van der Waals surface area contributed by atoms with Gasteiger partial charge in [0.25, 0.3) is 0 Å². The average Bonchev–Trinajstić information content (AvgIpc) is 2.86. The van der Waals surface area contributed by atoms with E-state index < -0.39 is 0 Å². The number of likely N-dealkylation sites (tertiary alicyclic amines) is 1. The molecule has 1 aliphatic rings. The van der Waals surface area contributed by atoms with Crippen LogP contribution in [0.2, 0.25) is 0 Å². The summed E-state index contributed by atoms with van der Waals surface area (Å²) in [7, 11) is 0. The Balaban J connectivity index is 1.97. The number of hydrogen-bond acceptors (Lipinski definition) is 4. The Kier molecular flexibility index (Phi) is 4.74. The molecule has 0 aliphatic carbocycles. The summed E-state index contributed by atoms with van der Waals surface area (Å²) in [6.45, 7) is 5.57. The normalized spacial score (nSPS) is 19.5. The average molecular weight is 262 g/mol. The van der Waals surface area contributed by atoms with Crippen molar-refractivity contribution in [2.45, 2.75) is 26.3 Å². The van der Waals surface area contributed by atoms with E-state index in [9.17, 15) is 4.79 Å². The van der Waals surface area contributed by atoms with Crippen molar-refractivity contribution in [2.24, 2.45) is 11.7 Å². The number of pyridine rings is 1. The zero-order chi connectivity index (χ0) is 13.7. The minimum absolute atomic E-state index is 0.00345. The van der Waals surface area contributed by atoms with Gasteiger partial charge in [0.05, 0.1) is 5.92 Å². The molecule has 5 nitrogen and oxygen atoms in total. The van der Waals surface area contributed by atoms with Crippen LogP contribution in [0, 0.1) is 5.92 Å². The van der Waals surface area contributed by atoms with Crippen molar-refractivity contribution in [1.29, 1.82) is 0 Å². The molecule has 0 aromatic carbocycles. The van der Waals surface area contributed by atoms with E-state index in [1.54, 1.807) is 6.20 Å². The first-order valence-corrected chi connectivity index (χ1v) is 6.90. The standard InChI is InChI=1S/C14H22N4O/c1-2-6-16-14-12(4-3-7-17-14)10-18-8-5-11(9-18)13(15)19/h3-4,7,11H,2,5-6,8-10H2,1H3,(H2,15,19)(H,16,17). The Bertz CT molecular complexity index is 435. The zero-order valence-corrected chi connectivity index (χ0v) is 11.4. The number of nitrogens with two attached hydrogens (primary N) is 1. The summed E-state index contributed by atoms with van der Waals surface area (Å²) < 4.78 is 0. The van der Waals surface area contributed by atoms with Crippen LogP contribution < -0.4 is 11.1 Å².